The summed E-state index contributed by atoms with van der Waals surface area (Å²) in [5, 5.41) is 3.58. The molecule has 0 heterocycles. The monoisotopic (exact) mass is 296 g/mol. The van der Waals surface area contributed by atoms with Gasteiger partial charge in [-0.3, -0.25) is 0 Å². The van der Waals surface area contributed by atoms with E-state index in [0.29, 0.717) is 6.04 Å². The molecule has 0 aliphatic heterocycles. The molecule has 0 bridgehead atoms. The summed E-state index contributed by atoms with van der Waals surface area (Å²) in [7, 11) is 2.23. The molecule has 0 radical (unpaired) electrons. The van der Waals surface area contributed by atoms with Gasteiger partial charge in [0.2, 0.25) is 0 Å². The first-order chi connectivity index (χ1) is 8.16. The molecular weight excluding hydrogens is 276 g/mol. The Kier molecular flexibility index (Phi) is 4.60. The largest absolute Gasteiger partial charge is 0.309 e. The predicted molar refractivity (Wildman–Crippen MR) is 76.2 cm³/mol. The van der Waals surface area contributed by atoms with Gasteiger partial charge in [-0.1, -0.05) is 28.1 Å². The van der Waals surface area contributed by atoms with Gasteiger partial charge in [0.05, 0.1) is 0 Å². The van der Waals surface area contributed by atoms with Crippen LogP contribution in [0.2, 0.25) is 0 Å². The fourth-order valence-electron chi connectivity index (χ4n) is 2.05. The van der Waals surface area contributed by atoms with Crippen LogP contribution in [0.3, 0.4) is 0 Å². The van der Waals surface area contributed by atoms with E-state index >= 15 is 0 Å². The van der Waals surface area contributed by atoms with Crippen molar-refractivity contribution in [2.75, 3.05) is 20.1 Å². The highest BCUT2D eigenvalue weighted by atomic mass is 79.9. The lowest BCUT2D eigenvalue weighted by Crippen LogP contribution is -2.31. The van der Waals surface area contributed by atoms with Crippen molar-refractivity contribution in [2.24, 2.45) is 0 Å². The van der Waals surface area contributed by atoms with Gasteiger partial charge in [0, 0.05) is 29.6 Å². The Morgan fingerprint density at radius 2 is 2.24 bits per heavy atom. The fraction of sp³-hybridized carbons (Fsp3) is 0.571. The SMILES string of the molecule is CC(NCCN(C)C1CC1)c1cccc(Br)c1. The van der Waals surface area contributed by atoms with Crippen LogP contribution < -0.4 is 5.32 Å². The number of rotatable bonds is 6. The molecule has 0 amide bonds. The molecule has 17 heavy (non-hydrogen) atoms. The molecule has 0 spiro atoms. The Morgan fingerprint density at radius 1 is 1.47 bits per heavy atom. The summed E-state index contributed by atoms with van der Waals surface area (Å²) in [6, 6.07) is 9.79. The molecule has 0 aromatic heterocycles. The molecule has 2 rings (SSSR count). The van der Waals surface area contributed by atoms with Gasteiger partial charge in [0.25, 0.3) is 0 Å². The lowest BCUT2D eigenvalue weighted by molar-refractivity contribution is 0.316. The van der Waals surface area contributed by atoms with E-state index in [2.05, 4.69) is 64.4 Å². The van der Waals surface area contributed by atoms with Crippen LogP contribution in [0.1, 0.15) is 31.4 Å². The van der Waals surface area contributed by atoms with E-state index < -0.39 is 0 Å². The molecule has 1 aromatic carbocycles. The summed E-state index contributed by atoms with van der Waals surface area (Å²) >= 11 is 3.51. The van der Waals surface area contributed by atoms with E-state index in [0.717, 1.165) is 23.6 Å². The molecular formula is C14H21BrN2. The molecule has 1 aliphatic rings. The smallest absolute Gasteiger partial charge is 0.0292 e. The van der Waals surface area contributed by atoms with E-state index in [1.807, 2.05) is 0 Å². The lowest BCUT2D eigenvalue weighted by Gasteiger charge is -2.19. The molecule has 1 fully saturated rings. The standard InChI is InChI=1S/C14H21BrN2/c1-11(12-4-3-5-13(15)10-12)16-8-9-17(2)14-6-7-14/h3-5,10-11,14,16H,6-9H2,1-2H3. The topological polar surface area (TPSA) is 15.3 Å². The molecule has 3 heteroatoms. The molecule has 2 nitrogen and oxygen atoms in total. The van der Waals surface area contributed by atoms with Gasteiger partial charge < -0.3 is 10.2 Å². The number of likely N-dealkylation sites (N-methyl/N-ethyl adjacent to an activating group) is 1. The zero-order valence-corrected chi connectivity index (χ0v) is 12.2. The highest BCUT2D eigenvalue weighted by Crippen LogP contribution is 2.24. The molecule has 94 valence electrons. The van der Waals surface area contributed by atoms with Crippen molar-refractivity contribution in [3.63, 3.8) is 0 Å². The number of hydrogen-bond acceptors (Lipinski definition) is 2. The fourth-order valence-corrected chi connectivity index (χ4v) is 2.47. The minimum Gasteiger partial charge on any atom is -0.309 e. The maximum atomic E-state index is 3.58. The van der Waals surface area contributed by atoms with Crippen molar-refractivity contribution in [3.05, 3.63) is 34.3 Å². The van der Waals surface area contributed by atoms with Crippen LogP contribution in [0.25, 0.3) is 0 Å². The van der Waals surface area contributed by atoms with Gasteiger partial charge in [-0.2, -0.15) is 0 Å². The van der Waals surface area contributed by atoms with Crippen LogP contribution in [0, 0.1) is 0 Å². The Bertz CT molecular complexity index is 363. The molecule has 1 atom stereocenters. The zero-order valence-electron chi connectivity index (χ0n) is 10.6. The Balaban J connectivity index is 1.74. The van der Waals surface area contributed by atoms with Crippen molar-refractivity contribution in [2.45, 2.75) is 31.8 Å². The van der Waals surface area contributed by atoms with Gasteiger partial charge in [0.1, 0.15) is 0 Å². The first-order valence-corrected chi connectivity index (χ1v) is 7.15. The second kappa shape index (κ2) is 5.98. The van der Waals surface area contributed by atoms with E-state index in [9.17, 15) is 0 Å². The number of benzene rings is 1. The Morgan fingerprint density at radius 3 is 2.88 bits per heavy atom. The van der Waals surface area contributed by atoms with Gasteiger partial charge in [-0.15, -0.1) is 0 Å². The summed E-state index contributed by atoms with van der Waals surface area (Å²) in [5.74, 6) is 0. The molecule has 1 aliphatic carbocycles. The number of hydrogen-bond donors (Lipinski definition) is 1. The van der Waals surface area contributed by atoms with Crippen LogP contribution >= 0.6 is 15.9 Å². The Labute approximate surface area is 113 Å². The zero-order chi connectivity index (χ0) is 12.3. The lowest BCUT2D eigenvalue weighted by atomic mass is 10.1. The molecule has 1 unspecified atom stereocenters. The summed E-state index contributed by atoms with van der Waals surface area (Å²) < 4.78 is 1.15. The van der Waals surface area contributed by atoms with Crippen molar-refractivity contribution in [3.8, 4) is 0 Å². The number of nitrogens with one attached hydrogen (secondary N) is 1. The maximum Gasteiger partial charge on any atom is 0.0292 e. The van der Waals surface area contributed by atoms with E-state index in [1.54, 1.807) is 0 Å². The van der Waals surface area contributed by atoms with Crippen molar-refractivity contribution >= 4 is 15.9 Å². The summed E-state index contributed by atoms with van der Waals surface area (Å²) in [6.07, 6.45) is 2.77. The van der Waals surface area contributed by atoms with E-state index in [4.69, 9.17) is 0 Å². The van der Waals surface area contributed by atoms with E-state index in [-0.39, 0.29) is 0 Å². The normalized spacial score (nSPS) is 17.4. The van der Waals surface area contributed by atoms with Crippen molar-refractivity contribution in [1.82, 2.24) is 10.2 Å². The quantitative estimate of drug-likeness (QED) is 0.867. The number of nitrogens with zero attached hydrogens (tertiary/aromatic N) is 1. The average molecular weight is 297 g/mol. The third-order valence-corrected chi connectivity index (χ3v) is 3.93. The van der Waals surface area contributed by atoms with Crippen molar-refractivity contribution < 1.29 is 0 Å². The first-order valence-electron chi connectivity index (χ1n) is 6.36. The van der Waals surface area contributed by atoms with Crippen LogP contribution in [-0.2, 0) is 0 Å². The van der Waals surface area contributed by atoms with Crippen LogP contribution in [0.15, 0.2) is 28.7 Å². The Hall–Kier alpha value is -0.380. The highest BCUT2D eigenvalue weighted by molar-refractivity contribution is 9.10. The van der Waals surface area contributed by atoms with Gasteiger partial charge >= 0.3 is 0 Å². The van der Waals surface area contributed by atoms with Gasteiger partial charge in [-0.05, 0) is 44.5 Å². The molecule has 1 aromatic rings. The molecule has 1 saturated carbocycles. The third-order valence-electron chi connectivity index (χ3n) is 3.43. The van der Waals surface area contributed by atoms with Gasteiger partial charge in [0.15, 0.2) is 0 Å². The highest BCUT2D eigenvalue weighted by Gasteiger charge is 2.25. The van der Waals surface area contributed by atoms with Crippen LogP contribution in [-0.4, -0.2) is 31.1 Å². The van der Waals surface area contributed by atoms with Crippen molar-refractivity contribution in [1.29, 1.82) is 0 Å². The maximum absolute atomic E-state index is 3.58. The summed E-state index contributed by atoms with van der Waals surface area (Å²) in [6.45, 7) is 4.42. The minimum atomic E-state index is 0.417. The predicted octanol–water partition coefficient (Wildman–Crippen LogP) is 3.19. The van der Waals surface area contributed by atoms with Crippen LogP contribution in [0.4, 0.5) is 0 Å². The van der Waals surface area contributed by atoms with Gasteiger partial charge in [-0.25, -0.2) is 0 Å². The summed E-state index contributed by atoms with van der Waals surface area (Å²) in [4.78, 5) is 2.46. The van der Waals surface area contributed by atoms with E-state index in [1.165, 1.54) is 18.4 Å². The second-order valence-electron chi connectivity index (χ2n) is 4.94. The average Bonchev–Trinajstić information content (AvgIpc) is 3.12. The third kappa shape index (κ3) is 4.09. The first kappa shape index (κ1) is 13.1. The minimum absolute atomic E-state index is 0.417. The number of halogens is 1. The summed E-state index contributed by atoms with van der Waals surface area (Å²) in [5.41, 5.74) is 1.34. The molecule has 0 saturated heterocycles. The second-order valence-corrected chi connectivity index (χ2v) is 5.86. The molecule has 1 N–H and O–H groups in total. The van der Waals surface area contributed by atoms with Crippen LogP contribution in [0.5, 0.6) is 0 Å².